The van der Waals surface area contributed by atoms with Crippen LogP contribution in [-0.4, -0.2) is 28.3 Å². The Morgan fingerprint density at radius 1 is 1.35 bits per heavy atom. The average molecular weight is 378 g/mol. The molecular formula is C17H20BrN3O2. The van der Waals surface area contributed by atoms with Gasteiger partial charge in [-0.05, 0) is 54.1 Å². The second-order valence-electron chi connectivity index (χ2n) is 6.71. The quantitative estimate of drug-likeness (QED) is 0.869. The zero-order chi connectivity index (χ0) is 16.0. The molecule has 5 nitrogen and oxygen atoms in total. The minimum Gasteiger partial charge on any atom is -0.495 e. The van der Waals surface area contributed by atoms with Crippen molar-refractivity contribution >= 4 is 32.7 Å². The van der Waals surface area contributed by atoms with E-state index in [0.717, 1.165) is 53.2 Å². The minimum atomic E-state index is 0.0619. The molecule has 0 unspecified atom stereocenters. The van der Waals surface area contributed by atoms with Crippen LogP contribution in [0.25, 0.3) is 10.9 Å². The van der Waals surface area contributed by atoms with Gasteiger partial charge in [0.05, 0.1) is 23.1 Å². The molecule has 1 amide bonds. The predicted molar refractivity (Wildman–Crippen MR) is 91.6 cm³/mol. The van der Waals surface area contributed by atoms with E-state index in [1.807, 2.05) is 6.07 Å². The molecule has 1 aliphatic carbocycles. The highest BCUT2D eigenvalue weighted by Crippen LogP contribution is 2.40. The van der Waals surface area contributed by atoms with Gasteiger partial charge in [0.25, 0.3) is 0 Å². The van der Waals surface area contributed by atoms with Crippen molar-refractivity contribution in [2.24, 2.45) is 0 Å². The van der Waals surface area contributed by atoms with Crippen molar-refractivity contribution < 1.29 is 9.53 Å². The van der Waals surface area contributed by atoms with Gasteiger partial charge in [-0.2, -0.15) is 5.10 Å². The summed E-state index contributed by atoms with van der Waals surface area (Å²) in [5.74, 6) is 1.02. The number of nitrogens with zero attached hydrogens (tertiary/aromatic N) is 2. The highest BCUT2D eigenvalue weighted by atomic mass is 79.9. The molecule has 23 heavy (non-hydrogen) atoms. The third kappa shape index (κ3) is 2.63. The summed E-state index contributed by atoms with van der Waals surface area (Å²) in [6.45, 7) is 0. The van der Waals surface area contributed by atoms with Gasteiger partial charge in [-0.3, -0.25) is 9.48 Å². The topological polar surface area (TPSA) is 56.2 Å². The Kier molecular flexibility index (Phi) is 3.59. The van der Waals surface area contributed by atoms with Gasteiger partial charge in [0.15, 0.2) is 0 Å². The normalized spacial score (nSPS) is 27.6. The first-order valence-corrected chi connectivity index (χ1v) is 8.91. The summed E-state index contributed by atoms with van der Waals surface area (Å²) in [5.41, 5.74) is 1.02. The number of fused-ring (bicyclic) bond motifs is 1. The highest BCUT2D eigenvalue weighted by molar-refractivity contribution is 9.10. The molecule has 0 radical (unpaired) electrons. The highest BCUT2D eigenvalue weighted by Gasteiger charge is 2.41. The molecular weight excluding hydrogens is 358 g/mol. The van der Waals surface area contributed by atoms with Crippen molar-refractivity contribution in [3.63, 3.8) is 0 Å². The van der Waals surface area contributed by atoms with Gasteiger partial charge in [-0.15, -0.1) is 0 Å². The largest absolute Gasteiger partial charge is 0.495 e. The van der Waals surface area contributed by atoms with Gasteiger partial charge < -0.3 is 10.1 Å². The van der Waals surface area contributed by atoms with E-state index in [1.54, 1.807) is 7.11 Å². The molecule has 6 heteroatoms. The Morgan fingerprint density at radius 2 is 2.13 bits per heavy atom. The number of nitrogens with one attached hydrogen (secondary N) is 1. The molecule has 1 N–H and O–H groups in total. The van der Waals surface area contributed by atoms with E-state index in [1.165, 1.54) is 0 Å². The number of aromatic nitrogens is 2. The molecule has 2 aromatic rings. The van der Waals surface area contributed by atoms with Crippen LogP contribution in [0.15, 0.2) is 22.8 Å². The summed E-state index contributed by atoms with van der Waals surface area (Å²) in [6.07, 6.45) is 8.02. The molecule has 4 rings (SSSR count). The van der Waals surface area contributed by atoms with Crippen LogP contribution in [0.3, 0.4) is 0 Å². The first kappa shape index (κ1) is 15.0. The molecule has 122 valence electrons. The molecule has 1 saturated carbocycles. The number of carbonyl (C=O) groups excluding carboxylic acids is 1. The number of amides is 1. The maximum Gasteiger partial charge on any atom is 0.220 e. The van der Waals surface area contributed by atoms with Crippen LogP contribution in [0.1, 0.15) is 44.6 Å². The molecule has 2 fully saturated rings. The number of carbonyl (C=O) groups is 1. The fraction of sp³-hybridized carbons (Fsp3) is 0.529. The molecule has 2 aliphatic rings. The molecule has 1 aromatic heterocycles. The van der Waals surface area contributed by atoms with E-state index in [9.17, 15) is 4.79 Å². The van der Waals surface area contributed by atoms with E-state index in [4.69, 9.17) is 9.84 Å². The van der Waals surface area contributed by atoms with Gasteiger partial charge in [0, 0.05) is 29.6 Å². The smallest absolute Gasteiger partial charge is 0.220 e. The Morgan fingerprint density at radius 3 is 2.78 bits per heavy atom. The summed E-state index contributed by atoms with van der Waals surface area (Å²) < 4.78 is 8.39. The number of rotatable bonds is 2. The van der Waals surface area contributed by atoms with Gasteiger partial charge in [0.1, 0.15) is 5.75 Å². The maximum atomic E-state index is 11.5. The third-order valence-corrected chi connectivity index (χ3v) is 5.94. The standard InChI is InChI=1S/C17H20BrN3O2/c1-23-15-9-14-11(8-13(15)18)10-21(20-14)12-2-5-17(6-3-12)7-4-16(22)19-17/h8-10,12H,2-7H2,1H3,(H,19,22)/t12-,17-. The van der Waals surface area contributed by atoms with E-state index in [-0.39, 0.29) is 11.4 Å². The predicted octanol–water partition coefficient (Wildman–Crippen LogP) is 3.57. The van der Waals surface area contributed by atoms with Crippen molar-refractivity contribution in [2.45, 2.75) is 50.1 Å². The SMILES string of the molecule is COc1cc2nn([C@H]3CC[C@@]4(CCC(=O)N4)CC3)cc2cc1Br. The summed E-state index contributed by atoms with van der Waals surface area (Å²) in [4.78, 5) is 11.5. The number of hydrogen-bond acceptors (Lipinski definition) is 3. The summed E-state index contributed by atoms with van der Waals surface area (Å²) in [6, 6.07) is 4.44. The van der Waals surface area contributed by atoms with Gasteiger partial charge in [-0.1, -0.05) is 0 Å². The van der Waals surface area contributed by atoms with Crippen molar-refractivity contribution in [3.05, 3.63) is 22.8 Å². The second-order valence-corrected chi connectivity index (χ2v) is 7.57. The fourth-order valence-electron chi connectivity index (χ4n) is 3.96. The average Bonchev–Trinajstić information content (AvgIpc) is 3.11. The van der Waals surface area contributed by atoms with Crippen LogP contribution < -0.4 is 10.1 Å². The van der Waals surface area contributed by atoms with Crippen LogP contribution in [0, 0.1) is 0 Å². The summed E-state index contributed by atoms with van der Waals surface area (Å²) in [5, 5.41) is 9.06. The van der Waals surface area contributed by atoms with E-state index < -0.39 is 0 Å². The molecule has 1 aromatic carbocycles. The van der Waals surface area contributed by atoms with E-state index >= 15 is 0 Å². The van der Waals surface area contributed by atoms with Crippen LogP contribution in [0.5, 0.6) is 5.75 Å². The Hall–Kier alpha value is -1.56. The molecule has 0 atom stereocenters. The third-order valence-electron chi connectivity index (χ3n) is 5.32. The molecule has 1 saturated heterocycles. The van der Waals surface area contributed by atoms with Crippen LogP contribution in [-0.2, 0) is 4.79 Å². The maximum absolute atomic E-state index is 11.5. The number of benzene rings is 1. The van der Waals surface area contributed by atoms with Crippen LogP contribution in [0.2, 0.25) is 0 Å². The first-order valence-electron chi connectivity index (χ1n) is 8.12. The molecule has 1 spiro atoms. The number of halogens is 1. The van der Waals surface area contributed by atoms with E-state index in [2.05, 4.69) is 38.2 Å². The van der Waals surface area contributed by atoms with Crippen molar-refractivity contribution in [1.29, 1.82) is 0 Å². The fourth-order valence-corrected chi connectivity index (χ4v) is 4.48. The monoisotopic (exact) mass is 377 g/mol. The van der Waals surface area contributed by atoms with E-state index in [0.29, 0.717) is 12.5 Å². The van der Waals surface area contributed by atoms with Gasteiger partial charge >= 0.3 is 0 Å². The zero-order valence-corrected chi connectivity index (χ0v) is 14.7. The summed E-state index contributed by atoms with van der Waals surface area (Å²) >= 11 is 3.53. The Labute approximate surface area is 143 Å². The zero-order valence-electron chi connectivity index (χ0n) is 13.1. The van der Waals surface area contributed by atoms with Gasteiger partial charge in [-0.25, -0.2) is 0 Å². The van der Waals surface area contributed by atoms with Crippen molar-refractivity contribution in [3.8, 4) is 5.75 Å². The Bertz CT molecular complexity index is 763. The number of methoxy groups -OCH3 is 1. The lowest BCUT2D eigenvalue weighted by Crippen LogP contribution is -2.44. The van der Waals surface area contributed by atoms with Crippen molar-refractivity contribution in [2.75, 3.05) is 7.11 Å². The lowest BCUT2D eigenvalue weighted by atomic mass is 9.78. The van der Waals surface area contributed by atoms with Crippen molar-refractivity contribution in [1.82, 2.24) is 15.1 Å². The number of ether oxygens (including phenoxy) is 1. The number of hydrogen-bond donors (Lipinski definition) is 1. The summed E-state index contributed by atoms with van der Waals surface area (Å²) in [7, 11) is 1.67. The second kappa shape index (κ2) is 5.51. The molecule has 1 aliphatic heterocycles. The lowest BCUT2D eigenvalue weighted by Gasteiger charge is -2.37. The lowest BCUT2D eigenvalue weighted by molar-refractivity contribution is -0.120. The molecule has 2 heterocycles. The first-order chi connectivity index (χ1) is 11.1. The van der Waals surface area contributed by atoms with Gasteiger partial charge in [0.2, 0.25) is 5.91 Å². The molecule has 0 bridgehead atoms. The van der Waals surface area contributed by atoms with Crippen LogP contribution >= 0.6 is 15.9 Å². The minimum absolute atomic E-state index is 0.0619. The Balaban J connectivity index is 1.55. The van der Waals surface area contributed by atoms with Crippen LogP contribution in [0.4, 0.5) is 0 Å².